The molecule has 1 aliphatic rings. The summed E-state index contributed by atoms with van der Waals surface area (Å²) in [4.78, 5) is 18.9. The molecule has 6 heteroatoms. The van der Waals surface area contributed by atoms with Gasteiger partial charge in [-0.2, -0.15) is 5.26 Å². The Morgan fingerprint density at radius 2 is 2.33 bits per heavy atom. The number of ether oxygens (including phenoxy) is 1. The molecule has 1 saturated heterocycles. The van der Waals surface area contributed by atoms with Gasteiger partial charge < -0.3 is 9.64 Å². The Labute approximate surface area is 126 Å². The fourth-order valence-electron chi connectivity index (χ4n) is 2.12. The minimum atomic E-state index is -0.0840. The summed E-state index contributed by atoms with van der Waals surface area (Å²) in [6.45, 7) is 1.09. The lowest BCUT2D eigenvalue weighted by Crippen LogP contribution is -2.56. The maximum Gasteiger partial charge on any atom is 0.232 e. The molecule has 0 aliphatic carbocycles. The van der Waals surface area contributed by atoms with Crippen molar-refractivity contribution in [3.05, 3.63) is 46.3 Å². The number of hydrogen-bond donors (Lipinski definition) is 0. The first-order valence-electron chi connectivity index (χ1n) is 6.58. The summed E-state index contributed by atoms with van der Waals surface area (Å²) in [5, 5.41) is 10.9. The molecule has 0 saturated carbocycles. The van der Waals surface area contributed by atoms with Crippen molar-refractivity contribution in [2.45, 2.75) is 12.5 Å². The number of hydrogen-bond acceptors (Lipinski definition) is 5. The molecule has 2 aromatic heterocycles. The van der Waals surface area contributed by atoms with Crippen molar-refractivity contribution in [3.63, 3.8) is 0 Å². The van der Waals surface area contributed by atoms with E-state index in [1.165, 1.54) is 0 Å². The molecule has 21 heavy (non-hydrogen) atoms. The van der Waals surface area contributed by atoms with Crippen LogP contribution in [0.3, 0.4) is 0 Å². The third kappa shape index (κ3) is 3.03. The smallest absolute Gasteiger partial charge is 0.232 e. The van der Waals surface area contributed by atoms with E-state index in [0.29, 0.717) is 31.0 Å². The summed E-state index contributed by atoms with van der Waals surface area (Å²) in [5.41, 5.74) is 0.417. The van der Waals surface area contributed by atoms with Crippen molar-refractivity contribution in [1.29, 1.82) is 5.26 Å². The second kappa shape index (κ2) is 5.94. The van der Waals surface area contributed by atoms with Crippen molar-refractivity contribution >= 4 is 17.2 Å². The highest BCUT2D eigenvalue weighted by atomic mass is 32.1. The Morgan fingerprint density at radius 1 is 1.48 bits per heavy atom. The number of carbonyl (C=O) groups is 1. The van der Waals surface area contributed by atoms with Crippen molar-refractivity contribution < 1.29 is 9.53 Å². The van der Waals surface area contributed by atoms with Crippen LogP contribution in [0.1, 0.15) is 10.4 Å². The fraction of sp³-hybridized carbons (Fsp3) is 0.267. The molecule has 1 fully saturated rings. The van der Waals surface area contributed by atoms with Gasteiger partial charge >= 0.3 is 0 Å². The number of likely N-dealkylation sites (tertiary alicyclic amines) is 1. The fourth-order valence-corrected chi connectivity index (χ4v) is 2.81. The Bertz CT molecular complexity index is 672. The lowest BCUT2D eigenvalue weighted by molar-refractivity contribution is -0.139. The van der Waals surface area contributed by atoms with Gasteiger partial charge in [-0.3, -0.25) is 4.79 Å². The van der Waals surface area contributed by atoms with E-state index in [-0.39, 0.29) is 12.0 Å². The lowest BCUT2D eigenvalue weighted by Gasteiger charge is -2.38. The van der Waals surface area contributed by atoms with Gasteiger partial charge in [-0.05, 0) is 23.6 Å². The lowest BCUT2D eigenvalue weighted by atomic mass is 10.1. The van der Waals surface area contributed by atoms with E-state index >= 15 is 0 Å². The Morgan fingerprint density at radius 3 is 3.05 bits per heavy atom. The number of aromatic nitrogens is 1. The summed E-state index contributed by atoms with van der Waals surface area (Å²) in [7, 11) is 0. The molecule has 1 aliphatic heterocycles. The minimum Gasteiger partial charge on any atom is -0.470 e. The largest absolute Gasteiger partial charge is 0.470 e. The van der Waals surface area contributed by atoms with Gasteiger partial charge in [0.15, 0.2) is 0 Å². The molecule has 2 aromatic rings. The maximum absolute atomic E-state index is 12.0. The molecular weight excluding hydrogens is 286 g/mol. The summed E-state index contributed by atoms with van der Waals surface area (Å²) >= 11 is 1.59. The van der Waals surface area contributed by atoms with E-state index in [1.54, 1.807) is 34.6 Å². The van der Waals surface area contributed by atoms with E-state index in [1.807, 2.05) is 23.6 Å². The number of carbonyl (C=O) groups excluding carboxylic acids is 1. The molecule has 3 heterocycles. The van der Waals surface area contributed by atoms with E-state index < -0.39 is 0 Å². The Kier molecular flexibility index (Phi) is 3.84. The van der Waals surface area contributed by atoms with Crippen LogP contribution >= 0.6 is 11.3 Å². The van der Waals surface area contributed by atoms with Gasteiger partial charge in [0.2, 0.25) is 11.8 Å². The van der Waals surface area contributed by atoms with Gasteiger partial charge in [0.1, 0.15) is 17.7 Å². The van der Waals surface area contributed by atoms with E-state index in [9.17, 15) is 4.79 Å². The predicted octanol–water partition coefficient (Wildman–Crippen LogP) is 1.85. The topological polar surface area (TPSA) is 66.2 Å². The first-order valence-corrected chi connectivity index (χ1v) is 7.46. The molecule has 0 radical (unpaired) electrons. The van der Waals surface area contributed by atoms with Crippen LogP contribution in [0.4, 0.5) is 0 Å². The van der Waals surface area contributed by atoms with Crippen LogP contribution in [-0.2, 0) is 11.2 Å². The third-order valence-corrected chi connectivity index (χ3v) is 4.15. The van der Waals surface area contributed by atoms with E-state index in [4.69, 9.17) is 10.00 Å². The second-order valence-electron chi connectivity index (χ2n) is 4.76. The Hall–Kier alpha value is -2.39. The predicted molar refractivity (Wildman–Crippen MR) is 78.0 cm³/mol. The molecular formula is C15H13N3O2S. The van der Waals surface area contributed by atoms with Crippen molar-refractivity contribution in [2.24, 2.45) is 0 Å². The first kappa shape index (κ1) is 13.6. The zero-order valence-electron chi connectivity index (χ0n) is 11.2. The number of nitriles is 1. The molecule has 0 unspecified atom stereocenters. The van der Waals surface area contributed by atoms with Crippen molar-refractivity contribution in [3.8, 4) is 11.9 Å². The van der Waals surface area contributed by atoms with Gasteiger partial charge in [-0.15, -0.1) is 11.3 Å². The second-order valence-corrected chi connectivity index (χ2v) is 5.79. The minimum absolute atomic E-state index is 0.0840. The number of rotatable bonds is 4. The van der Waals surface area contributed by atoms with Crippen molar-refractivity contribution in [2.75, 3.05) is 13.1 Å². The van der Waals surface area contributed by atoms with Gasteiger partial charge in [-0.1, -0.05) is 6.07 Å². The normalized spacial score (nSPS) is 14.3. The van der Waals surface area contributed by atoms with Gasteiger partial charge in [0.05, 0.1) is 19.5 Å². The van der Waals surface area contributed by atoms with Crippen molar-refractivity contribution in [1.82, 2.24) is 9.88 Å². The highest BCUT2D eigenvalue weighted by molar-refractivity contribution is 7.10. The molecule has 0 atom stereocenters. The van der Waals surface area contributed by atoms with Crippen LogP contribution in [0.15, 0.2) is 35.8 Å². The maximum atomic E-state index is 12.0. The zero-order valence-corrected chi connectivity index (χ0v) is 12.0. The highest BCUT2D eigenvalue weighted by Gasteiger charge is 2.32. The summed E-state index contributed by atoms with van der Waals surface area (Å²) in [5.74, 6) is 0.453. The molecule has 1 amide bonds. The monoisotopic (exact) mass is 299 g/mol. The third-order valence-electron chi connectivity index (χ3n) is 3.28. The molecule has 0 aromatic carbocycles. The summed E-state index contributed by atoms with van der Waals surface area (Å²) < 4.78 is 5.66. The van der Waals surface area contributed by atoms with E-state index in [2.05, 4.69) is 4.98 Å². The molecule has 0 N–H and O–H groups in total. The quantitative estimate of drug-likeness (QED) is 0.864. The van der Waals surface area contributed by atoms with Crippen LogP contribution in [0.25, 0.3) is 0 Å². The SMILES string of the molecule is N#Cc1cccnc1OC1CN(C(=O)Cc2cccs2)C1. The van der Waals surface area contributed by atoms with Crippen LogP contribution in [0.2, 0.25) is 0 Å². The Balaban J connectivity index is 1.52. The number of pyridine rings is 1. The molecule has 0 bridgehead atoms. The zero-order chi connectivity index (χ0) is 14.7. The number of nitrogens with zero attached hydrogens (tertiary/aromatic N) is 3. The average Bonchev–Trinajstić information content (AvgIpc) is 2.95. The molecule has 106 valence electrons. The van der Waals surface area contributed by atoms with Gasteiger partial charge in [0, 0.05) is 11.1 Å². The van der Waals surface area contributed by atoms with Gasteiger partial charge in [0.25, 0.3) is 0 Å². The number of amides is 1. The molecule has 3 rings (SSSR count). The van der Waals surface area contributed by atoms with Crippen LogP contribution in [0, 0.1) is 11.3 Å². The van der Waals surface area contributed by atoms with Gasteiger partial charge in [-0.25, -0.2) is 4.98 Å². The molecule has 5 nitrogen and oxygen atoms in total. The molecule has 0 spiro atoms. The number of thiophene rings is 1. The first-order chi connectivity index (χ1) is 10.3. The highest BCUT2D eigenvalue weighted by Crippen LogP contribution is 2.20. The van der Waals surface area contributed by atoms with Crippen LogP contribution < -0.4 is 4.74 Å². The standard InChI is InChI=1S/C15H13N3O2S/c16-8-11-3-1-5-17-15(11)20-12-9-18(10-12)14(19)7-13-4-2-6-21-13/h1-6,12H,7,9-10H2. The van der Waals surface area contributed by atoms with Crippen LogP contribution in [0.5, 0.6) is 5.88 Å². The summed E-state index contributed by atoms with van der Waals surface area (Å²) in [6, 6.07) is 9.32. The average molecular weight is 299 g/mol. The summed E-state index contributed by atoms with van der Waals surface area (Å²) in [6.07, 6.45) is 1.95. The van der Waals surface area contributed by atoms with Crippen LogP contribution in [-0.4, -0.2) is 35.0 Å². The van der Waals surface area contributed by atoms with E-state index in [0.717, 1.165) is 4.88 Å².